The largest absolute Gasteiger partial charge is 0.378 e. The summed E-state index contributed by atoms with van der Waals surface area (Å²) in [5.74, 6) is -0.598. The maximum atomic E-state index is 13.7. The molecule has 5 nitrogen and oxygen atoms in total. The summed E-state index contributed by atoms with van der Waals surface area (Å²) in [6.07, 6.45) is 0. The Morgan fingerprint density at radius 3 is 2.71 bits per heavy atom. The Bertz CT molecular complexity index is 743. The summed E-state index contributed by atoms with van der Waals surface area (Å²) in [7, 11) is 0. The third-order valence-corrected chi connectivity index (χ3v) is 3.04. The van der Waals surface area contributed by atoms with Crippen molar-refractivity contribution in [3.8, 4) is 6.07 Å². The predicted molar refractivity (Wildman–Crippen MR) is 76.5 cm³/mol. The second-order valence-corrected chi connectivity index (χ2v) is 4.63. The molecule has 0 radical (unpaired) electrons. The molecule has 7 heteroatoms. The van der Waals surface area contributed by atoms with Gasteiger partial charge in [-0.25, -0.2) is 4.39 Å². The van der Waals surface area contributed by atoms with Crippen LogP contribution >= 0.6 is 11.6 Å². The van der Waals surface area contributed by atoms with Gasteiger partial charge in [0.15, 0.2) is 0 Å². The van der Waals surface area contributed by atoms with Crippen LogP contribution in [0.5, 0.6) is 0 Å². The van der Waals surface area contributed by atoms with Gasteiger partial charge in [-0.05, 0) is 30.3 Å². The Kier molecular flexibility index (Phi) is 4.36. The van der Waals surface area contributed by atoms with E-state index in [0.29, 0.717) is 10.6 Å². The maximum Gasteiger partial charge on any atom is 0.274 e. The van der Waals surface area contributed by atoms with E-state index >= 15 is 0 Å². The lowest BCUT2D eigenvalue weighted by molar-refractivity contribution is -0.385. The number of anilines is 1. The molecule has 2 aromatic carbocycles. The van der Waals surface area contributed by atoms with Gasteiger partial charge in [-0.1, -0.05) is 11.6 Å². The zero-order valence-corrected chi connectivity index (χ0v) is 11.4. The van der Waals surface area contributed by atoms with Crippen LogP contribution in [0.15, 0.2) is 36.4 Å². The van der Waals surface area contributed by atoms with Crippen LogP contribution in [-0.2, 0) is 6.54 Å². The molecular weight excluding hydrogens is 297 g/mol. The number of nitro groups is 1. The molecule has 0 aliphatic carbocycles. The molecule has 106 valence electrons. The quantitative estimate of drug-likeness (QED) is 0.687. The van der Waals surface area contributed by atoms with E-state index in [1.54, 1.807) is 0 Å². The summed E-state index contributed by atoms with van der Waals surface area (Å²) in [6.45, 7) is 0.0414. The van der Waals surface area contributed by atoms with Crippen LogP contribution in [-0.4, -0.2) is 4.92 Å². The van der Waals surface area contributed by atoms with Crippen molar-refractivity contribution in [1.82, 2.24) is 0 Å². The zero-order valence-electron chi connectivity index (χ0n) is 10.6. The zero-order chi connectivity index (χ0) is 15.4. The average Bonchev–Trinajstić information content (AvgIpc) is 2.45. The molecular formula is C14H9ClFN3O2. The fourth-order valence-corrected chi connectivity index (χ4v) is 1.99. The third-order valence-electron chi connectivity index (χ3n) is 2.81. The van der Waals surface area contributed by atoms with E-state index in [-0.39, 0.29) is 23.5 Å². The minimum absolute atomic E-state index is 0.0414. The first kappa shape index (κ1) is 14.8. The molecule has 0 aliphatic heterocycles. The molecule has 2 rings (SSSR count). The average molecular weight is 306 g/mol. The molecule has 2 aromatic rings. The second-order valence-electron chi connectivity index (χ2n) is 4.19. The van der Waals surface area contributed by atoms with Gasteiger partial charge in [0, 0.05) is 17.6 Å². The number of nitro benzene ring substituents is 1. The number of hydrogen-bond acceptors (Lipinski definition) is 4. The van der Waals surface area contributed by atoms with Gasteiger partial charge in [0.2, 0.25) is 0 Å². The van der Waals surface area contributed by atoms with Gasteiger partial charge in [0.25, 0.3) is 5.69 Å². The van der Waals surface area contributed by atoms with Crippen LogP contribution < -0.4 is 5.32 Å². The first-order valence-corrected chi connectivity index (χ1v) is 6.25. The molecule has 21 heavy (non-hydrogen) atoms. The van der Waals surface area contributed by atoms with Crippen molar-refractivity contribution in [2.45, 2.75) is 6.54 Å². The van der Waals surface area contributed by atoms with E-state index in [9.17, 15) is 14.5 Å². The highest BCUT2D eigenvalue weighted by molar-refractivity contribution is 6.30. The molecule has 0 bridgehead atoms. The lowest BCUT2D eigenvalue weighted by Crippen LogP contribution is -2.04. The molecule has 0 unspecified atom stereocenters. The van der Waals surface area contributed by atoms with E-state index in [1.807, 2.05) is 6.07 Å². The standard InChI is InChI=1S/C14H9ClFN3O2/c15-11-2-4-14(19(20)21)10(6-11)8-18-13-3-1-9(7-17)5-12(13)16/h1-6,18H,8H2. The van der Waals surface area contributed by atoms with Crippen LogP contribution in [0, 0.1) is 27.3 Å². The van der Waals surface area contributed by atoms with Crippen molar-refractivity contribution < 1.29 is 9.31 Å². The minimum Gasteiger partial charge on any atom is -0.378 e. The van der Waals surface area contributed by atoms with Gasteiger partial charge in [-0.15, -0.1) is 0 Å². The van der Waals surface area contributed by atoms with Crippen LogP contribution in [0.25, 0.3) is 0 Å². The Morgan fingerprint density at radius 2 is 2.10 bits per heavy atom. The monoisotopic (exact) mass is 305 g/mol. The molecule has 1 N–H and O–H groups in total. The number of nitrogens with zero attached hydrogens (tertiary/aromatic N) is 2. The van der Waals surface area contributed by atoms with E-state index in [0.717, 1.165) is 6.07 Å². The first-order chi connectivity index (χ1) is 10.0. The van der Waals surface area contributed by atoms with Gasteiger partial charge in [-0.3, -0.25) is 10.1 Å². The van der Waals surface area contributed by atoms with Gasteiger partial charge >= 0.3 is 0 Å². The molecule has 0 amide bonds. The van der Waals surface area contributed by atoms with Crippen LogP contribution in [0.1, 0.15) is 11.1 Å². The Hall–Kier alpha value is -2.65. The molecule has 0 aromatic heterocycles. The van der Waals surface area contributed by atoms with Gasteiger partial charge in [0.05, 0.1) is 27.8 Å². The lowest BCUT2D eigenvalue weighted by Gasteiger charge is -2.08. The fourth-order valence-electron chi connectivity index (χ4n) is 1.79. The van der Waals surface area contributed by atoms with Gasteiger partial charge in [-0.2, -0.15) is 5.26 Å². The van der Waals surface area contributed by atoms with Crippen molar-refractivity contribution >= 4 is 23.0 Å². The smallest absolute Gasteiger partial charge is 0.274 e. The van der Waals surface area contributed by atoms with Crippen LogP contribution in [0.3, 0.4) is 0 Å². The molecule has 0 atom stereocenters. The van der Waals surface area contributed by atoms with E-state index in [2.05, 4.69) is 5.32 Å². The highest BCUT2D eigenvalue weighted by atomic mass is 35.5. The number of hydrogen-bond donors (Lipinski definition) is 1. The lowest BCUT2D eigenvalue weighted by atomic mass is 10.1. The molecule has 0 heterocycles. The molecule has 0 saturated carbocycles. The highest BCUT2D eigenvalue weighted by Gasteiger charge is 2.14. The first-order valence-electron chi connectivity index (χ1n) is 5.87. The van der Waals surface area contributed by atoms with Crippen molar-refractivity contribution in [3.05, 3.63) is 68.5 Å². The minimum atomic E-state index is -0.598. The van der Waals surface area contributed by atoms with Crippen molar-refractivity contribution in [2.75, 3.05) is 5.32 Å². The number of rotatable bonds is 4. The van der Waals surface area contributed by atoms with Gasteiger partial charge in [0.1, 0.15) is 5.82 Å². The Balaban J connectivity index is 2.22. The normalized spacial score (nSPS) is 9.95. The fraction of sp³-hybridized carbons (Fsp3) is 0.0714. The molecule has 0 fully saturated rings. The molecule has 0 aliphatic rings. The topological polar surface area (TPSA) is 79.0 Å². The summed E-state index contributed by atoms with van der Waals surface area (Å²) in [5, 5.41) is 22.7. The third kappa shape index (κ3) is 3.46. The number of halogens is 2. The van der Waals surface area contributed by atoms with Crippen molar-refractivity contribution in [3.63, 3.8) is 0 Å². The number of nitrogens with one attached hydrogen (secondary N) is 1. The van der Waals surface area contributed by atoms with Crippen molar-refractivity contribution in [2.24, 2.45) is 0 Å². The summed E-state index contributed by atoms with van der Waals surface area (Å²) >= 11 is 5.81. The van der Waals surface area contributed by atoms with E-state index < -0.39 is 10.7 Å². The second kappa shape index (κ2) is 6.20. The van der Waals surface area contributed by atoms with E-state index in [1.165, 1.54) is 30.3 Å². The molecule has 0 spiro atoms. The Morgan fingerprint density at radius 1 is 1.33 bits per heavy atom. The number of nitriles is 1. The number of benzene rings is 2. The Labute approximate surface area is 124 Å². The summed E-state index contributed by atoms with van der Waals surface area (Å²) < 4.78 is 13.7. The summed E-state index contributed by atoms with van der Waals surface area (Å²) in [6, 6.07) is 9.96. The maximum absolute atomic E-state index is 13.7. The van der Waals surface area contributed by atoms with Gasteiger partial charge < -0.3 is 5.32 Å². The highest BCUT2D eigenvalue weighted by Crippen LogP contribution is 2.24. The van der Waals surface area contributed by atoms with E-state index in [4.69, 9.17) is 16.9 Å². The molecule has 0 saturated heterocycles. The van der Waals surface area contributed by atoms with Crippen LogP contribution in [0.2, 0.25) is 5.02 Å². The van der Waals surface area contributed by atoms with Crippen molar-refractivity contribution in [1.29, 1.82) is 5.26 Å². The SMILES string of the molecule is N#Cc1ccc(NCc2cc(Cl)ccc2[N+](=O)[O-])c(F)c1. The summed E-state index contributed by atoms with van der Waals surface area (Å²) in [5.41, 5.74) is 0.604. The summed E-state index contributed by atoms with van der Waals surface area (Å²) in [4.78, 5) is 10.4. The predicted octanol–water partition coefficient (Wildman–Crippen LogP) is 3.87. The van der Waals surface area contributed by atoms with Crippen LogP contribution in [0.4, 0.5) is 15.8 Å².